The molecule has 1 aromatic heterocycles. The van der Waals surface area contributed by atoms with E-state index in [0.29, 0.717) is 5.56 Å². The van der Waals surface area contributed by atoms with E-state index in [9.17, 15) is 23.9 Å². The second kappa shape index (κ2) is 8.16. The van der Waals surface area contributed by atoms with Crippen molar-refractivity contribution >= 4 is 23.4 Å². The highest BCUT2D eigenvalue weighted by molar-refractivity contribution is 6.30. The van der Waals surface area contributed by atoms with Gasteiger partial charge < -0.3 is 14.9 Å². The molecule has 156 valence electrons. The highest BCUT2D eigenvalue weighted by Crippen LogP contribution is 2.29. The van der Waals surface area contributed by atoms with Gasteiger partial charge in [0.1, 0.15) is 18.1 Å². The number of fused-ring (bicyclic) bond motifs is 1. The first kappa shape index (κ1) is 21.3. The van der Waals surface area contributed by atoms with Crippen molar-refractivity contribution in [1.82, 2.24) is 14.4 Å². The molecule has 30 heavy (non-hydrogen) atoms. The van der Waals surface area contributed by atoms with Gasteiger partial charge in [-0.3, -0.25) is 19.0 Å². The summed E-state index contributed by atoms with van der Waals surface area (Å²) in [6.45, 7) is -0.171. The monoisotopic (exact) mass is 432 g/mol. The maximum atomic E-state index is 13.4. The van der Waals surface area contributed by atoms with Crippen LogP contribution in [0.3, 0.4) is 0 Å². The largest absolute Gasteiger partial charge is 0.502 e. The van der Waals surface area contributed by atoms with Gasteiger partial charge in [-0.2, -0.15) is 5.26 Å². The number of benzene rings is 1. The Hall–Kier alpha value is -3.38. The van der Waals surface area contributed by atoms with Gasteiger partial charge in [0.25, 0.3) is 17.4 Å². The van der Waals surface area contributed by atoms with Crippen LogP contribution in [0.5, 0.6) is 5.75 Å². The molecule has 10 heteroatoms. The first-order valence-corrected chi connectivity index (χ1v) is 9.35. The summed E-state index contributed by atoms with van der Waals surface area (Å²) in [6.07, 6.45) is 0.185. The Morgan fingerprint density at radius 2 is 2.07 bits per heavy atom. The van der Waals surface area contributed by atoms with E-state index in [1.165, 1.54) is 42.1 Å². The van der Waals surface area contributed by atoms with Crippen molar-refractivity contribution in [1.29, 1.82) is 5.26 Å². The standard InChI is InChI=1S/C20H18ClFN4O4/c1-24(2)19(29)16-12-5-7-25(10-11-3-4-14(22)13(21)9-11)18(28)15(12)17(27)20(30)26(16)8-6-23/h3-4,9,27H,5,7-8,10H2,1-2H3. The molecule has 8 nitrogen and oxygen atoms in total. The number of amides is 2. The second-order valence-corrected chi connectivity index (χ2v) is 7.43. The normalized spacial score (nSPS) is 13.0. The van der Waals surface area contributed by atoms with E-state index >= 15 is 0 Å². The van der Waals surface area contributed by atoms with E-state index in [4.69, 9.17) is 16.9 Å². The molecular weight excluding hydrogens is 415 g/mol. The van der Waals surface area contributed by atoms with Gasteiger partial charge in [0.05, 0.1) is 16.7 Å². The summed E-state index contributed by atoms with van der Waals surface area (Å²) >= 11 is 5.80. The summed E-state index contributed by atoms with van der Waals surface area (Å²) in [5, 5.41) is 19.4. The second-order valence-electron chi connectivity index (χ2n) is 7.02. The van der Waals surface area contributed by atoms with Crippen LogP contribution in [-0.2, 0) is 19.5 Å². The lowest BCUT2D eigenvalue weighted by Crippen LogP contribution is -2.42. The molecule has 0 aliphatic carbocycles. The Bertz CT molecular complexity index is 1150. The van der Waals surface area contributed by atoms with E-state index < -0.39 is 35.5 Å². The summed E-state index contributed by atoms with van der Waals surface area (Å²) in [7, 11) is 2.97. The topological polar surface area (TPSA) is 107 Å². The maximum absolute atomic E-state index is 13.4. The number of nitrogens with zero attached hydrogens (tertiary/aromatic N) is 4. The molecule has 0 atom stereocenters. The highest BCUT2D eigenvalue weighted by atomic mass is 35.5. The van der Waals surface area contributed by atoms with Crippen LogP contribution in [0, 0.1) is 17.1 Å². The van der Waals surface area contributed by atoms with Crippen molar-refractivity contribution in [3.05, 3.63) is 61.8 Å². The van der Waals surface area contributed by atoms with Crippen molar-refractivity contribution in [2.45, 2.75) is 19.5 Å². The molecule has 1 aromatic carbocycles. The summed E-state index contributed by atoms with van der Waals surface area (Å²) in [4.78, 5) is 41.0. The van der Waals surface area contributed by atoms with Crippen molar-refractivity contribution < 1.29 is 19.1 Å². The maximum Gasteiger partial charge on any atom is 0.295 e. The Labute approximate surface area is 176 Å². The van der Waals surface area contributed by atoms with Gasteiger partial charge in [0.15, 0.2) is 5.75 Å². The summed E-state index contributed by atoms with van der Waals surface area (Å²) < 4.78 is 14.3. The number of pyridine rings is 1. The Balaban J connectivity index is 2.10. The summed E-state index contributed by atoms with van der Waals surface area (Å²) in [6, 6.07) is 5.86. The zero-order valence-corrected chi connectivity index (χ0v) is 17.0. The van der Waals surface area contributed by atoms with Crippen LogP contribution >= 0.6 is 11.6 Å². The van der Waals surface area contributed by atoms with E-state index in [0.717, 1.165) is 4.57 Å². The number of nitriles is 1. The third kappa shape index (κ3) is 3.62. The van der Waals surface area contributed by atoms with Crippen LogP contribution in [0.4, 0.5) is 4.39 Å². The molecule has 1 N–H and O–H groups in total. The fourth-order valence-corrected chi connectivity index (χ4v) is 3.63. The lowest BCUT2D eigenvalue weighted by Gasteiger charge is -2.31. The third-order valence-corrected chi connectivity index (χ3v) is 5.16. The first-order valence-electron chi connectivity index (χ1n) is 8.97. The molecule has 2 heterocycles. The van der Waals surface area contributed by atoms with Crippen LogP contribution in [0.2, 0.25) is 5.02 Å². The van der Waals surface area contributed by atoms with Crippen molar-refractivity contribution in [2.75, 3.05) is 20.6 Å². The van der Waals surface area contributed by atoms with Crippen LogP contribution in [0.25, 0.3) is 0 Å². The number of rotatable bonds is 4. The van der Waals surface area contributed by atoms with Crippen LogP contribution in [-0.4, -0.2) is 51.9 Å². The van der Waals surface area contributed by atoms with Gasteiger partial charge in [-0.15, -0.1) is 0 Å². The average Bonchev–Trinajstić information content (AvgIpc) is 2.70. The quantitative estimate of drug-likeness (QED) is 0.792. The summed E-state index contributed by atoms with van der Waals surface area (Å²) in [5.74, 6) is -2.57. The van der Waals surface area contributed by atoms with Crippen LogP contribution < -0.4 is 5.56 Å². The molecule has 1 aliphatic heterocycles. The van der Waals surface area contributed by atoms with Gasteiger partial charge >= 0.3 is 0 Å². The van der Waals surface area contributed by atoms with Crippen molar-refractivity contribution in [3.63, 3.8) is 0 Å². The van der Waals surface area contributed by atoms with Gasteiger partial charge in [-0.1, -0.05) is 17.7 Å². The number of carbonyl (C=O) groups excluding carboxylic acids is 2. The lowest BCUT2D eigenvalue weighted by molar-refractivity contribution is 0.0720. The number of hydrogen-bond acceptors (Lipinski definition) is 5. The Morgan fingerprint density at radius 3 is 2.67 bits per heavy atom. The molecule has 0 radical (unpaired) electrons. The van der Waals surface area contributed by atoms with E-state index in [1.807, 2.05) is 0 Å². The highest BCUT2D eigenvalue weighted by Gasteiger charge is 2.35. The van der Waals surface area contributed by atoms with Crippen molar-refractivity contribution in [2.24, 2.45) is 0 Å². The molecular formula is C20H18ClFN4O4. The predicted molar refractivity (Wildman–Crippen MR) is 106 cm³/mol. The minimum atomic E-state index is -0.986. The number of aromatic nitrogens is 1. The van der Waals surface area contributed by atoms with Crippen molar-refractivity contribution in [3.8, 4) is 11.8 Å². The van der Waals surface area contributed by atoms with E-state index in [2.05, 4.69) is 0 Å². The van der Waals surface area contributed by atoms with Gasteiger partial charge in [0, 0.05) is 32.7 Å². The fraction of sp³-hybridized carbons (Fsp3) is 0.300. The Morgan fingerprint density at radius 1 is 1.37 bits per heavy atom. The minimum absolute atomic E-state index is 0.0793. The smallest absolute Gasteiger partial charge is 0.295 e. The summed E-state index contributed by atoms with van der Waals surface area (Å²) in [5.41, 5.74) is -0.531. The van der Waals surface area contributed by atoms with Gasteiger partial charge in [0.2, 0.25) is 0 Å². The lowest BCUT2D eigenvalue weighted by atomic mass is 9.95. The fourth-order valence-electron chi connectivity index (χ4n) is 3.43. The number of hydrogen-bond donors (Lipinski definition) is 1. The zero-order valence-electron chi connectivity index (χ0n) is 16.3. The average molecular weight is 433 g/mol. The molecule has 0 fully saturated rings. The van der Waals surface area contributed by atoms with Crippen LogP contribution in [0.1, 0.15) is 32.0 Å². The minimum Gasteiger partial charge on any atom is -0.502 e. The van der Waals surface area contributed by atoms with E-state index in [-0.39, 0.29) is 41.4 Å². The number of aromatic hydroxyl groups is 1. The molecule has 0 saturated heterocycles. The van der Waals surface area contributed by atoms with Crippen LogP contribution in [0.15, 0.2) is 23.0 Å². The molecule has 2 aromatic rings. The molecule has 3 rings (SSSR count). The zero-order chi connectivity index (χ0) is 22.2. The molecule has 0 unspecified atom stereocenters. The van der Waals surface area contributed by atoms with Gasteiger partial charge in [-0.25, -0.2) is 4.39 Å². The number of carbonyl (C=O) groups is 2. The first-order chi connectivity index (χ1) is 14.2. The number of halogens is 2. The van der Waals surface area contributed by atoms with E-state index in [1.54, 1.807) is 6.07 Å². The predicted octanol–water partition coefficient (Wildman–Crippen LogP) is 1.77. The molecule has 0 bridgehead atoms. The Kier molecular flexibility index (Phi) is 5.80. The molecule has 2 amide bonds. The SMILES string of the molecule is CN(C)C(=O)c1c2c(c(O)c(=O)n1CC#N)C(=O)N(Cc1ccc(F)c(Cl)c1)CC2. The molecule has 0 saturated carbocycles. The van der Waals surface area contributed by atoms with Gasteiger partial charge in [-0.05, 0) is 24.1 Å². The molecule has 0 spiro atoms. The third-order valence-electron chi connectivity index (χ3n) is 4.87. The molecule has 1 aliphatic rings.